The molecule has 2 aromatic rings. The van der Waals surface area contributed by atoms with Gasteiger partial charge in [-0.05, 0) is 5.57 Å². The average molecular weight is 361 g/mol. The van der Waals surface area contributed by atoms with E-state index in [1.165, 1.54) is 20.4 Å². The highest BCUT2D eigenvalue weighted by Crippen LogP contribution is 2.43. The largest absolute Gasteiger partial charge is 0.469 e. The molecule has 3 N–H and O–H groups in total. The molecule has 0 saturated heterocycles. The molecule has 1 aliphatic rings. The number of carbonyl (C=O) groups excluding carboxylic acids is 2. The number of nitrogens with two attached hydrogens (primary N) is 1. The van der Waals surface area contributed by atoms with Gasteiger partial charge in [-0.25, -0.2) is 4.98 Å². The van der Waals surface area contributed by atoms with Gasteiger partial charge in [-0.3, -0.25) is 19.4 Å². The van der Waals surface area contributed by atoms with Crippen molar-refractivity contribution in [2.24, 2.45) is 5.92 Å². The predicted molar refractivity (Wildman–Crippen MR) is 91.0 cm³/mol. The number of nitrogens with one attached hydrogen (secondary N) is 1. The lowest BCUT2D eigenvalue weighted by Crippen LogP contribution is -2.24. The van der Waals surface area contributed by atoms with E-state index in [0.717, 1.165) is 0 Å². The van der Waals surface area contributed by atoms with Crippen LogP contribution in [0.1, 0.15) is 25.8 Å². The van der Waals surface area contributed by atoms with Gasteiger partial charge in [0.1, 0.15) is 6.10 Å². The van der Waals surface area contributed by atoms with Gasteiger partial charge in [-0.2, -0.15) is 4.98 Å². The van der Waals surface area contributed by atoms with Gasteiger partial charge in [0, 0.05) is 19.3 Å². The maximum Gasteiger partial charge on any atom is 0.306 e. The molecule has 0 amide bonds. The van der Waals surface area contributed by atoms with Crippen LogP contribution in [-0.2, 0) is 19.1 Å². The second-order valence-electron chi connectivity index (χ2n) is 6.14. The van der Waals surface area contributed by atoms with Gasteiger partial charge in [0.05, 0.1) is 25.9 Å². The lowest BCUT2D eigenvalue weighted by atomic mass is 9.97. The monoisotopic (exact) mass is 361 g/mol. The average Bonchev–Trinajstić information content (AvgIpc) is 3.10. The number of methoxy groups -OCH3 is 1. The number of ether oxygens (including phenoxy) is 2. The van der Waals surface area contributed by atoms with Crippen LogP contribution in [0.2, 0.25) is 0 Å². The van der Waals surface area contributed by atoms with E-state index in [-0.39, 0.29) is 23.9 Å². The molecule has 0 aromatic carbocycles. The Hall–Kier alpha value is -3.17. The fourth-order valence-electron chi connectivity index (χ4n) is 3.35. The summed E-state index contributed by atoms with van der Waals surface area (Å²) in [4.78, 5) is 45.8. The minimum absolute atomic E-state index is 0.0319. The highest BCUT2D eigenvalue weighted by atomic mass is 16.5. The quantitative estimate of drug-likeness (QED) is 0.585. The summed E-state index contributed by atoms with van der Waals surface area (Å²) >= 11 is 0. The van der Waals surface area contributed by atoms with Crippen molar-refractivity contribution in [2.75, 3.05) is 12.8 Å². The maximum atomic E-state index is 12.0. The minimum atomic E-state index is -0.541. The molecule has 2 heterocycles. The third-order valence-corrected chi connectivity index (χ3v) is 4.53. The third-order valence-electron chi connectivity index (χ3n) is 4.53. The van der Waals surface area contributed by atoms with Gasteiger partial charge in [-0.1, -0.05) is 6.58 Å². The molecular formula is C16H19N5O5. The molecule has 10 heteroatoms. The summed E-state index contributed by atoms with van der Waals surface area (Å²) in [6.45, 7) is 5.38. The Balaban J connectivity index is 2.00. The maximum absolute atomic E-state index is 12.0. The van der Waals surface area contributed by atoms with E-state index < -0.39 is 29.5 Å². The second-order valence-corrected chi connectivity index (χ2v) is 6.14. The van der Waals surface area contributed by atoms with Crippen LogP contribution in [0.4, 0.5) is 5.95 Å². The number of fused-ring (bicyclic) bond motifs is 1. The van der Waals surface area contributed by atoms with E-state index in [9.17, 15) is 14.4 Å². The highest BCUT2D eigenvalue weighted by Gasteiger charge is 2.42. The summed E-state index contributed by atoms with van der Waals surface area (Å²) in [5.74, 6) is -1.32. The number of anilines is 1. The lowest BCUT2D eigenvalue weighted by Gasteiger charge is -2.18. The molecule has 3 rings (SSSR count). The normalized spacial score (nSPS) is 22.5. The Bertz CT molecular complexity index is 946. The number of rotatable bonds is 4. The Labute approximate surface area is 148 Å². The van der Waals surface area contributed by atoms with E-state index in [0.29, 0.717) is 17.6 Å². The number of nitrogens with zero attached hydrogens (tertiary/aromatic N) is 3. The summed E-state index contributed by atoms with van der Waals surface area (Å²) in [6.07, 6.45) is 1.33. The topological polar surface area (TPSA) is 142 Å². The first-order chi connectivity index (χ1) is 12.3. The van der Waals surface area contributed by atoms with Crippen molar-refractivity contribution in [2.45, 2.75) is 31.9 Å². The van der Waals surface area contributed by atoms with Crippen LogP contribution >= 0.6 is 0 Å². The SMILES string of the molecule is C=C1[C@@H](CC(=O)OC)[C@@H](OC(C)=O)C[C@@H]1n1cnc2c(=O)[nH]c(N)nc21. The van der Waals surface area contributed by atoms with Crippen LogP contribution in [0.5, 0.6) is 0 Å². The van der Waals surface area contributed by atoms with E-state index in [1.807, 2.05) is 0 Å². The smallest absolute Gasteiger partial charge is 0.306 e. The first-order valence-electron chi connectivity index (χ1n) is 7.96. The molecule has 0 aliphatic heterocycles. The van der Waals surface area contributed by atoms with Crippen LogP contribution in [0.15, 0.2) is 23.3 Å². The molecule has 3 atom stereocenters. The van der Waals surface area contributed by atoms with Crippen LogP contribution in [0.3, 0.4) is 0 Å². The molecule has 0 unspecified atom stereocenters. The summed E-state index contributed by atoms with van der Waals surface area (Å²) < 4.78 is 11.8. The van der Waals surface area contributed by atoms with Gasteiger partial charge in [0.25, 0.3) is 5.56 Å². The standard InChI is InChI=1S/C16H19N5O5/c1-7-9(4-12(23)25-3)11(26-8(2)22)5-10(7)21-6-18-13-14(21)19-16(17)20-15(13)24/h6,9-11H,1,4-5H2,2-3H3,(H3,17,19,20,24)/t9-,10+,11+/m1/s1. The zero-order valence-corrected chi connectivity index (χ0v) is 14.4. The number of aromatic amines is 1. The molecular weight excluding hydrogens is 342 g/mol. The fraction of sp³-hybridized carbons (Fsp3) is 0.438. The van der Waals surface area contributed by atoms with E-state index >= 15 is 0 Å². The Morgan fingerprint density at radius 2 is 2.23 bits per heavy atom. The van der Waals surface area contributed by atoms with Crippen molar-refractivity contribution in [1.82, 2.24) is 19.5 Å². The van der Waals surface area contributed by atoms with Crippen LogP contribution < -0.4 is 11.3 Å². The third kappa shape index (κ3) is 3.05. The van der Waals surface area contributed by atoms with Gasteiger partial charge >= 0.3 is 11.9 Å². The van der Waals surface area contributed by atoms with Crippen molar-refractivity contribution < 1.29 is 19.1 Å². The molecule has 2 aromatic heterocycles. The number of H-pyrrole nitrogens is 1. The van der Waals surface area contributed by atoms with Crippen LogP contribution in [0.25, 0.3) is 11.2 Å². The molecule has 1 aliphatic carbocycles. The van der Waals surface area contributed by atoms with E-state index in [2.05, 4.69) is 21.5 Å². The Kier molecular flexibility index (Phi) is 4.49. The molecule has 26 heavy (non-hydrogen) atoms. The molecule has 1 fully saturated rings. The molecule has 0 bridgehead atoms. The van der Waals surface area contributed by atoms with E-state index in [4.69, 9.17) is 15.2 Å². The molecule has 10 nitrogen and oxygen atoms in total. The first kappa shape index (κ1) is 17.6. The summed E-state index contributed by atoms with van der Waals surface area (Å²) in [6, 6.07) is -0.354. The molecule has 138 valence electrons. The number of hydrogen-bond donors (Lipinski definition) is 2. The van der Waals surface area contributed by atoms with Crippen molar-refractivity contribution in [3.05, 3.63) is 28.8 Å². The van der Waals surface area contributed by atoms with Crippen molar-refractivity contribution in [3.63, 3.8) is 0 Å². The van der Waals surface area contributed by atoms with Gasteiger partial charge in [0.2, 0.25) is 5.95 Å². The number of imidazole rings is 1. The van der Waals surface area contributed by atoms with Gasteiger partial charge in [0.15, 0.2) is 11.2 Å². The molecule has 0 radical (unpaired) electrons. The highest BCUT2D eigenvalue weighted by molar-refractivity contribution is 5.72. The zero-order chi connectivity index (χ0) is 19.0. The van der Waals surface area contributed by atoms with Crippen LogP contribution in [0, 0.1) is 5.92 Å². The molecule has 1 saturated carbocycles. The first-order valence-corrected chi connectivity index (χ1v) is 7.96. The predicted octanol–water partition coefficient (Wildman–Crippen LogP) is 0.314. The fourth-order valence-corrected chi connectivity index (χ4v) is 3.35. The summed E-state index contributed by atoms with van der Waals surface area (Å²) in [5, 5.41) is 0. The molecule has 0 spiro atoms. The number of esters is 2. The number of nitrogen functional groups attached to an aromatic ring is 1. The van der Waals surface area contributed by atoms with Crippen molar-refractivity contribution in [1.29, 1.82) is 0 Å². The van der Waals surface area contributed by atoms with E-state index in [1.54, 1.807) is 4.57 Å². The van der Waals surface area contributed by atoms with Crippen molar-refractivity contribution in [3.8, 4) is 0 Å². The summed E-state index contributed by atoms with van der Waals surface area (Å²) in [5.41, 5.74) is 6.30. The van der Waals surface area contributed by atoms with Gasteiger partial charge in [-0.15, -0.1) is 0 Å². The summed E-state index contributed by atoms with van der Waals surface area (Å²) in [7, 11) is 1.29. The second kappa shape index (κ2) is 6.62. The Morgan fingerprint density at radius 1 is 1.50 bits per heavy atom. The van der Waals surface area contributed by atoms with Gasteiger partial charge < -0.3 is 19.8 Å². The zero-order valence-electron chi connectivity index (χ0n) is 14.4. The van der Waals surface area contributed by atoms with Crippen molar-refractivity contribution >= 4 is 29.1 Å². The Morgan fingerprint density at radius 3 is 2.88 bits per heavy atom. The number of hydrogen-bond acceptors (Lipinski definition) is 8. The number of aromatic nitrogens is 4. The lowest BCUT2D eigenvalue weighted by molar-refractivity contribution is -0.151. The minimum Gasteiger partial charge on any atom is -0.469 e. The number of carbonyl (C=O) groups is 2. The van der Waals surface area contributed by atoms with Crippen LogP contribution in [-0.4, -0.2) is 44.7 Å².